The van der Waals surface area contributed by atoms with Gasteiger partial charge in [-0.05, 0) is 18.9 Å². The Kier molecular flexibility index (Phi) is 6.60. The topological polar surface area (TPSA) is 64.6 Å². The largest absolute Gasteiger partial charge is 0.450 e. The van der Waals surface area contributed by atoms with Crippen molar-refractivity contribution >= 4 is 11.9 Å². The summed E-state index contributed by atoms with van der Waals surface area (Å²) in [5.41, 5.74) is 0.966. The Hall–Kier alpha value is -1.88. The lowest BCUT2D eigenvalue weighted by Crippen LogP contribution is -2.44. The molecular weight excluding hydrogens is 246 g/mol. The van der Waals surface area contributed by atoms with Crippen molar-refractivity contribution < 1.29 is 19.1 Å². The summed E-state index contributed by atoms with van der Waals surface area (Å²) in [4.78, 5) is 23.3. The molecule has 104 valence electrons. The standard InChI is InChI=1S/C14H19NO4/c1-3-19-14(17)15-12(13(16)10-18-2)9-11-7-5-4-6-8-11/h4-8,12H,3,9-10H2,1-2H3,(H,15,17)/t12-/m0/s1. The Labute approximate surface area is 112 Å². The van der Waals surface area contributed by atoms with Gasteiger partial charge in [0.15, 0.2) is 5.78 Å². The molecule has 1 aromatic rings. The summed E-state index contributed by atoms with van der Waals surface area (Å²) >= 11 is 0. The van der Waals surface area contributed by atoms with Gasteiger partial charge in [-0.15, -0.1) is 0 Å². The molecule has 0 saturated carbocycles. The Morgan fingerprint density at radius 2 is 1.95 bits per heavy atom. The van der Waals surface area contributed by atoms with Crippen LogP contribution in [0.1, 0.15) is 12.5 Å². The average molecular weight is 265 g/mol. The first-order valence-electron chi connectivity index (χ1n) is 6.16. The number of ketones is 1. The Bertz CT molecular complexity index is 405. The van der Waals surface area contributed by atoms with E-state index in [4.69, 9.17) is 9.47 Å². The first kappa shape index (κ1) is 15.2. The number of rotatable bonds is 7. The van der Waals surface area contributed by atoms with E-state index in [2.05, 4.69) is 5.32 Å². The molecule has 0 aromatic heterocycles. The molecule has 1 aromatic carbocycles. The highest BCUT2D eigenvalue weighted by Gasteiger charge is 2.21. The maximum atomic E-state index is 11.9. The fourth-order valence-electron chi connectivity index (χ4n) is 1.65. The van der Waals surface area contributed by atoms with Crippen molar-refractivity contribution in [3.63, 3.8) is 0 Å². The molecule has 0 spiro atoms. The Morgan fingerprint density at radius 3 is 2.53 bits per heavy atom. The van der Waals surface area contributed by atoms with Gasteiger partial charge in [-0.1, -0.05) is 30.3 Å². The number of Topliss-reactive ketones (excluding diaryl/α,β-unsaturated/α-hetero) is 1. The smallest absolute Gasteiger partial charge is 0.407 e. The van der Waals surface area contributed by atoms with Crippen LogP contribution in [0.3, 0.4) is 0 Å². The summed E-state index contributed by atoms with van der Waals surface area (Å²) in [6.07, 6.45) is -0.171. The zero-order valence-electron chi connectivity index (χ0n) is 11.2. The molecular formula is C14H19NO4. The van der Waals surface area contributed by atoms with Gasteiger partial charge in [0.2, 0.25) is 0 Å². The molecule has 0 saturated heterocycles. The van der Waals surface area contributed by atoms with E-state index in [0.717, 1.165) is 5.56 Å². The third-order valence-electron chi connectivity index (χ3n) is 2.53. The van der Waals surface area contributed by atoms with E-state index in [1.54, 1.807) is 6.92 Å². The van der Waals surface area contributed by atoms with E-state index in [-0.39, 0.29) is 19.0 Å². The minimum Gasteiger partial charge on any atom is -0.450 e. The number of alkyl carbamates (subject to hydrolysis) is 1. The number of carbonyl (C=O) groups is 2. The molecule has 19 heavy (non-hydrogen) atoms. The molecule has 0 aliphatic heterocycles. The number of hydrogen-bond acceptors (Lipinski definition) is 4. The van der Waals surface area contributed by atoms with E-state index in [9.17, 15) is 9.59 Å². The second-order valence-corrected chi connectivity index (χ2v) is 4.01. The number of carbonyl (C=O) groups excluding carboxylic acids is 2. The molecule has 0 fully saturated rings. The monoisotopic (exact) mass is 265 g/mol. The van der Waals surface area contributed by atoms with Crippen molar-refractivity contribution in [3.8, 4) is 0 Å². The molecule has 1 atom stereocenters. The molecule has 5 nitrogen and oxygen atoms in total. The minimum absolute atomic E-state index is 0.0378. The first-order chi connectivity index (χ1) is 9.17. The van der Waals surface area contributed by atoms with Crippen LogP contribution in [0.25, 0.3) is 0 Å². The highest BCUT2D eigenvalue weighted by molar-refractivity contribution is 5.88. The van der Waals surface area contributed by atoms with Crippen molar-refractivity contribution in [3.05, 3.63) is 35.9 Å². The van der Waals surface area contributed by atoms with Gasteiger partial charge >= 0.3 is 6.09 Å². The number of nitrogens with one attached hydrogen (secondary N) is 1. The third-order valence-corrected chi connectivity index (χ3v) is 2.53. The molecule has 0 radical (unpaired) electrons. The molecule has 0 unspecified atom stereocenters. The molecule has 1 amide bonds. The fraction of sp³-hybridized carbons (Fsp3) is 0.429. The SMILES string of the molecule is CCOC(=O)N[C@@H](Cc1ccccc1)C(=O)COC. The highest BCUT2D eigenvalue weighted by Crippen LogP contribution is 2.04. The van der Waals surface area contributed by atoms with E-state index in [0.29, 0.717) is 6.42 Å². The van der Waals surface area contributed by atoms with Gasteiger partial charge in [0.1, 0.15) is 6.61 Å². The van der Waals surface area contributed by atoms with Crippen molar-refractivity contribution in [2.75, 3.05) is 20.3 Å². The van der Waals surface area contributed by atoms with Crippen LogP contribution in [-0.4, -0.2) is 38.2 Å². The molecule has 1 N–H and O–H groups in total. The number of methoxy groups -OCH3 is 1. The maximum absolute atomic E-state index is 11.9. The molecule has 0 aliphatic rings. The second-order valence-electron chi connectivity index (χ2n) is 4.01. The summed E-state index contributed by atoms with van der Waals surface area (Å²) in [5.74, 6) is -0.181. The van der Waals surface area contributed by atoms with Crippen molar-refractivity contribution in [2.24, 2.45) is 0 Å². The van der Waals surface area contributed by atoms with Gasteiger partial charge in [-0.3, -0.25) is 4.79 Å². The molecule has 1 rings (SSSR count). The number of benzene rings is 1. The van der Waals surface area contributed by atoms with Gasteiger partial charge in [-0.25, -0.2) is 4.79 Å². The number of hydrogen-bond donors (Lipinski definition) is 1. The van der Waals surface area contributed by atoms with E-state index in [1.807, 2.05) is 30.3 Å². The minimum atomic E-state index is -0.638. The predicted molar refractivity (Wildman–Crippen MR) is 71.0 cm³/mol. The lowest BCUT2D eigenvalue weighted by Gasteiger charge is -2.17. The molecule has 0 bridgehead atoms. The van der Waals surface area contributed by atoms with Crippen LogP contribution in [0.5, 0.6) is 0 Å². The van der Waals surface area contributed by atoms with Gasteiger partial charge < -0.3 is 14.8 Å². The second kappa shape index (κ2) is 8.26. The molecule has 0 aliphatic carbocycles. The van der Waals surface area contributed by atoms with Crippen LogP contribution in [0.15, 0.2) is 30.3 Å². The van der Waals surface area contributed by atoms with Crippen LogP contribution in [0, 0.1) is 0 Å². The lowest BCUT2D eigenvalue weighted by molar-refractivity contribution is -0.124. The van der Waals surface area contributed by atoms with E-state index in [1.165, 1.54) is 7.11 Å². The van der Waals surface area contributed by atoms with Gasteiger partial charge in [0, 0.05) is 7.11 Å². The van der Waals surface area contributed by atoms with Gasteiger partial charge in [0.05, 0.1) is 12.6 Å². The first-order valence-corrected chi connectivity index (χ1v) is 6.16. The highest BCUT2D eigenvalue weighted by atomic mass is 16.5. The summed E-state index contributed by atoms with van der Waals surface area (Å²) < 4.78 is 9.62. The Balaban J connectivity index is 2.69. The molecule has 5 heteroatoms. The van der Waals surface area contributed by atoms with Crippen molar-refractivity contribution in [2.45, 2.75) is 19.4 Å². The summed E-state index contributed by atoms with van der Waals surface area (Å²) in [7, 11) is 1.45. The maximum Gasteiger partial charge on any atom is 0.407 e. The van der Waals surface area contributed by atoms with E-state index >= 15 is 0 Å². The fourth-order valence-corrected chi connectivity index (χ4v) is 1.65. The zero-order valence-corrected chi connectivity index (χ0v) is 11.2. The summed E-state index contributed by atoms with van der Waals surface area (Å²) in [6.45, 7) is 1.94. The average Bonchev–Trinajstić information content (AvgIpc) is 2.40. The Morgan fingerprint density at radius 1 is 1.26 bits per heavy atom. The van der Waals surface area contributed by atoms with E-state index < -0.39 is 12.1 Å². The normalized spacial score (nSPS) is 11.7. The van der Waals surface area contributed by atoms with Crippen LogP contribution in [0.4, 0.5) is 4.79 Å². The summed E-state index contributed by atoms with van der Waals surface area (Å²) in [6, 6.07) is 8.84. The predicted octanol–water partition coefficient (Wildman–Crippen LogP) is 1.56. The van der Waals surface area contributed by atoms with Crippen LogP contribution < -0.4 is 5.32 Å². The van der Waals surface area contributed by atoms with Crippen molar-refractivity contribution in [1.82, 2.24) is 5.32 Å². The van der Waals surface area contributed by atoms with Crippen LogP contribution >= 0.6 is 0 Å². The van der Waals surface area contributed by atoms with Crippen molar-refractivity contribution in [1.29, 1.82) is 0 Å². The third kappa shape index (κ3) is 5.52. The number of ether oxygens (including phenoxy) is 2. The number of amides is 1. The quantitative estimate of drug-likeness (QED) is 0.812. The van der Waals surface area contributed by atoms with Gasteiger partial charge in [0.25, 0.3) is 0 Å². The van der Waals surface area contributed by atoms with Gasteiger partial charge in [-0.2, -0.15) is 0 Å². The van der Waals surface area contributed by atoms with Crippen LogP contribution in [0.2, 0.25) is 0 Å². The molecule has 0 heterocycles. The van der Waals surface area contributed by atoms with Crippen LogP contribution in [-0.2, 0) is 20.7 Å². The summed E-state index contributed by atoms with van der Waals surface area (Å²) in [5, 5.41) is 2.56. The lowest BCUT2D eigenvalue weighted by atomic mass is 10.0. The zero-order chi connectivity index (χ0) is 14.1.